The zero-order valence-electron chi connectivity index (χ0n) is 8.49. The second-order valence-electron chi connectivity index (χ2n) is 2.81. The number of H-pyrrole nitrogens is 1. The van der Waals surface area contributed by atoms with Gasteiger partial charge in [-0.05, 0) is 6.92 Å². The summed E-state index contributed by atoms with van der Waals surface area (Å²) >= 11 is 0. The molecule has 1 aromatic rings. The molecule has 0 fully saturated rings. The van der Waals surface area contributed by atoms with Crippen molar-refractivity contribution in [3.05, 3.63) is 22.7 Å². The third kappa shape index (κ3) is 2.56. The number of aromatic amines is 1. The molecule has 14 heavy (non-hydrogen) atoms. The van der Waals surface area contributed by atoms with Crippen molar-refractivity contribution >= 4 is 5.82 Å². The molecule has 0 unspecified atom stereocenters. The quantitative estimate of drug-likeness (QED) is 0.734. The number of nitrogens with one attached hydrogen (secondary N) is 1. The molecular formula is C9H15N3O2. The molecule has 1 N–H and O–H groups in total. The lowest BCUT2D eigenvalue weighted by Gasteiger charge is -2.19. The lowest BCUT2D eigenvalue weighted by Crippen LogP contribution is -2.32. The highest BCUT2D eigenvalue weighted by Gasteiger charge is 2.08. The molecule has 0 atom stereocenters. The van der Waals surface area contributed by atoms with E-state index in [1.54, 1.807) is 13.3 Å². The Kier molecular flexibility index (Phi) is 4.12. The van der Waals surface area contributed by atoms with E-state index in [0.29, 0.717) is 19.0 Å². The molecule has 0 aliphatic heterocycles. The van der Waals surface area contributed by atoms with Gasteiger partial charge in [-0.15, -0.1) is 0 Å². The van der Waals surface area contributed by atoms with E-state index in [1.165, 1.54) is 6.20 Å². The fourth-order valence-corrected chi connectivity index (χ4v) is 1.18. The summed E-state index contributed by atoms with van der Waals surface area (Å²) < 4.78 is 4.95. The van der Waals surface area contributed by atoms with Crippen molar-refractivity contribution in [2.24, 2.45) is 0 Å². The first kappa shape index (κ1) is 10.7. The van der Waals surface area contributed by atoms with Gasteiger partial charge in [-0.3, -0.25) is 4.79 Å². The minimum atomic E-state index is -0.162. The lowest BCUT2D eigenvalue weighted by atomic mass is 10.4. The van der Waals surface area contributed by atoms with Gasteiger partial charge in [-0.2, -0.15) is 0 Å². The van der Waals surface area contributed by atoms with Crippen molar-refractivity contribution in [2.75, 3.05) is 31.7 Å². The van der Waals surface area contributed by atoms with Gasteiger partial charge in [0, 0.05) is 32.6 Å². The summed E-state index contributed by atoms with van der Waals surface area (Å²) in [6, 6.07) is 0. The molecule has 78 valence electrons. The summed E-state index contributed by atoms with van der Waals surface area (Å²) in [5.41, 5.74) is -0.162. The van der Waals surface area contributed by atoms with Crippen molar-refractivity contribution in [1.29, 1.82) is 0 Å². The van der Waals surface area contributed by atoms with Crippen LogP contribution >= 0.6 is 0 Å². The molecule has 0 aliphatic rings. The van der Waals surface area contributed by atoms with Crippen LogP contribution in [0.15, 0.2) is 17.2 Å². The maximum atomic E-state index is 11.4. The van der Waals surface area contributed by atoms with E-state index >= 15 is 0 Å². The maximum absolute atomic E-state index is 11.4. The molecule has 1 aromatic heterocycles. The van der Waals surface area contributed by atoms with Crippen LogP contribution in [0.4, 0.5) is 5.82 Å². The highest BCUT2D eigenvalue weighted by molar-refractivity contribution is 5.34. The molecule has 0 aliphatic carbocycles. The number of anilines is 1. The van der Waals surface area contributed by atoms with E-state index in [0.717, 1.165) is 6.54 Å². The number of hydrogen-bond donors (Lipinski definition) is 1. The van der Waals surface area contributed by atoms with Crippen LogP contribution in [-0.2, 0) is 4.74 Å². The Balaban J connectivity index is 2.78. The smallest absolute Gasteiger partial charge is 0.290 e. The predicted octanol–water partition coefficient (Wildman–Crippen LogP) is 0.243. The Morgan fingerprint density at radius 2 is 2.43 bits per heavy atom. The fraction of sp³-hybridized carbons (Fsp3) is 0.556. The number of hydrogen-bond acceptors (Lipinski definition) is 4. The van der Waals surface area contributed by atoms with E-state index in [4.69, 9.17) is 4.74 Å². The van der Waals surface area contributed by atoms with Gasteiger partial charge in [0.15, 0.2) is 5.82 Å². The average molecular weight is 197 g/mol. The summed E-state index contributed by atoms with van der Waals surface area (Å²) in [4.78, 5) is 19.9. The first-order valence-electron chi connectivity index (χ1n) is 4.57. The molecule has 0 saturated carbocycles. The highest BCUT2D eigenvalue weighted by Crippen LogP contribution is 2.00. The van der Waals surface area contributed by atoms with Crippen molar-refractivity contribution in [3.63, 3.8) is 0 Å². The molecule has 0 spiro atoms. The Morgan fingerprint density at radius 3 is 3.00 bits per heavy atom. The standard InChI is InChI=1S/C9H15N3O2/c1-3-12(6-7-14-2)8-9(13)11-5-4-10-8/h4-5H,3,6-7H2,1-2H3,(H,11,13). The van der Waals surface area contributed by atoms with Crippen molar-refractivity contribution in [1.82, 2.24) is 9.97 Å². The van der Waals surface area contributed by atoms with E-state index < -0.39 is 0 Å². The topological polar surface area (TPSA) is 58.2 Å². The second kappa shape index (κ2) is 5.39. The summed E-state index contributed by atoms with van der Waals surface area (Å²) in [5, 5.41) is 0. The number of likely N-dealkylation sites (N-methyl/N-ethyl adjacent to an activating group) is 1. The monoisotopic (exact) mass is 197 g/mol. The molecule has 5 nitrogen and oxygen atoms in total. The highest BCUT2D eigenvalue weighted by atomic mass is 16.5. The lowest BCUT2D eigenvalue weighted by molar-refractivity contribution is 0.205. The van der Waals surface area contributed by atoms with Crippen molar-refractivity contribution in [2.45, 2.75) is 6.92 Å². The summed E-state index contributed by atoms with van der Waals surface area (Å²) in [5.74, 6) is 0.451. The first-order chi connectivity index (χ1) is 6.79. The molecule has 1 heterocycles. The van der Waals surface area contributed by atoms with Gasteiger partial charge >= 0.3 is 0 Å². The van der Waals surface area contributed by atoms with E-state index in [2.05, 4.69) is 9.97 Å². The van der Waals surface area contributed by atoms with E-state index in [1.807, 2.05) is 11.8 Å². The summed E-state index contributed by atoms with van der Waals surface area (Å²) in [6.07, 6.45) is 3.10. The van der Waals surface area contributed by atoms with Gasteiger partial charge in [-0.25, -0.2) is 4.98 Å². The molecule has 0 saturated heterocycles. The van der Waals surface area contributed by atoms with Gasteiger partial charge in [0.2, 0.25) is 0 Å². The third-order valence-corrected chi connectivity index (χ3v) is 1.94. The SMILES string of the molecule is CCN(CCOC)c1ncc[nH]c1=O. The fourth-order valence-electron chi connectivity index (χ4n) is 1.18. The summed E-state index contributed by atoms with van der Waals surface area (Å²) in [6.45, 7) is 3.98. The Labute approximate surface area is 82.7 Å². The predicted molar refractivity (Wildman–Crippen MR) is 54.6 cm³/mol. The van der Waals surface area contributed by atoms with Crippen LogP contribution in [-0.4, -0.2) is 36.8 Å². The molecule has 5 heteroatoms. The van der Waals surface area contributed by atoms with Gasteiger partial charge < -0.3 is 14.6 Å². The van der Waals surface area contributed by atoms with Crippen LogP contribution in [0.3, 0.4) is 0 Å². The normalized spacial score (nSPS) is 10.1. The van der Waals surface area contributed by atoms with Gasteiger partial charge in [0.25, 0.3) is 5.56 Å². The third-order valence-electron chi connectivity index (χ3n) is 1.94. The minimum Gasteiger partial charge on any atom is -0.383 e. The first-order valence-corrected chi connectivity index (χ1v) is 4.57. The molecule has 0 radical (unpaired) electrons. The molecule has 1 rings (SSSR count). The summed E-state index contributed by atoms with van der Waals surface area (Å²) in [7, 11) is 1.64. The van der Waals surface area contributed by atoms with Gasteiger partial charge in [0.1, 0.15) is 0 Å². The Bertz CT molecular complexity index is 324. The van der Waals surface area contributed by atoms with Crippen LogP contribution in [0, 0.1) is 0 Å². The van der Waals surface area contributed by atoms with Crippen molar-refractivity contribution < 1.29 is 4.74 Å². The second-order valence-corrected chi connectivity index (χ2v) is 2.81. The Hall–Kier alpha value is -1.36. The van der Waals surface area contributed by atoms with Gasteiger partial charge in [0.05, 0.1) is 6.61 Å². The number of ether oxygens (including phenoxy) is 1. The van der Waals surface area contributed by atoms with E-state index in [-0.39, 0.29) is 5.56 Å². The zero-order valence-corrected chi connectivity index (χ0v) is 8.49. The van der Waals surface area contributed by atoms with Crippen LogP contribution in [0.5, 0.6) is 0 Å². The zero-order chi connectivity index (χ0) is 10.4. The van der Waals surface area contributed by atoms with Crippen LogP contribution < -0.4 is 10.5 Å². The minimum absolute atomic E-state index is 0.162. The molecule has 0 aromatic carbocycles. The van der Waals surface area contributed by atoms with Crippen LogP contribution in [0.2, 0.25) is 0 Å². The molecule has 0 amide bonds. The van der Waals surface area contributed by atoms with Crippen molar-refractivity contribution in [3.8, 4) is 0 Å². The Morgan fingerprint density at radius 1 is 1.64 bits per heavy atom. The average Bonchev–Trinajstić information content (AvgIpc) is 2.21. The number of rotatable bonds is 5. The largest absolute Gasteiger partial charge is 0.383 e. The molecule has 0 bridgehead atoms. The van der Waals surface area contributed by atoms with Gasteiger partial charge in [-0.1, -0.05) is 0 Å². The van der Waals surface area contributed by atoms with Crippen LogP contribution in [0.25, 0.3) is 0 Å². The number of aromatic nitrogens is 2. The number of methoxy groups -OCH3 is 1. The number of nitrogens with zero attached hydrogens (tertiary/aromatic N) is 2. The molecular weight excluding hydrogens is 182 g/mol. The van der Waals surface area contributed by atoms with Crippen LogP contribution in [0.1, 0.15) is 6.92 Å². The van der Waals surface area contributed by atoms with E-state index in [9.17, 15) is 4.79 Å². The maximum Gasteiger partial charge on any atom is 0.290 e.